The summed E-state index contributed by atoms with van der Waals surface area (Å²) in [5, 5.41) is 3.32. The maximum Gasteiger partial charge on any atom is 0.265 e. The maximum atomic E-state index is 13.1. The van der Waals surface area contributed by atoms with Crippen molar-refractivity contribution in [2.75, 3.05) is 37.7 Å². The summed E-state index contributed by atoms with van der Waals surface area (Å²) >= 11 is 0. The van der Waals surface area contributed by atoms with Crippen LogP contribution in [-0.2, 0) is 16.6 Å². The van der Waals surface area contributed by atoms with Crippen molar-refractivity contribution < 1.29 is 14.3 Å². The van der Waals surface area contributed by atoms with E-state index in [1.54, 1.807) is 18.3 Å². The van der Waals surface area contributed by atoms with Gasteiger partial charge in [-0.3, -0.25) is 14.5 Å². The van der Waals surface area contributed by atoms with Crippen molar-refractivity contribution in [1.82, 2.24) is 19.8 Å². The lowest BCUT2D eigenvalue weighted by Crippen LogP contribution is -2.53. The fourth-order valence-corrected chi connectivity index (χ4v) is 3.49. The van der Waals surface area contributed by atoms with Crippen molar-refractivity contribution in [3.05, 3.63) is 42.5 Å². The quantitative estimate of drug-likeness (QED) is 0.834. The van der Waals surface area contributed by atoms with Crippen LogP contribution in [0.2, 0.25) is 0 Å². The van der Waals surface area contributed by atoms with Gasteiger partial charge < -0.3 is 19.5 Å². The number of rotatable bonds is 3. The normalized spacial score (nSPS) is 19.1. The number of ether oxygens (including phenoxy) is 1. The molecule has 3 heterocycles. The lowest BCUT2D eigenvalue weighted by Gasteiger charge is -2.37. The van der Waals surface area contributed by atoms with Crippen molar-refractivity contribution in [1.29, 1.82) is 0 Å². The molecular weight excluding hydrogens is 370 g/mol. The van der Waals surface area contributed by atoms with Crippen LogP contribution in [0.3, 0.4) is 0 Å². The van der Waals surface area contributed by atoms with Crippen LogP contribution in [0.5, 0.6) is 5.75 Å². The monoisotopic (exact) mass is 391 g/mol. The Morgan fingerprint density at radius 3 is 2.96 bits per heavy atom. The van der Waals surface area contributed by atoms with Gasteiger partial charge in [0.1, 0.15) is 24.2 Å². The second-order valence-corrected chi connectivity index (χ2v) is 6.44. The molecule has 2 aliphatic heterocycles. The summed E-state index contributed by atoms with van der Waals surface area (Å²) in [4.78, 5) is 33.1. The zero-order chi connectivity index (χ0) is 18.1. The molecule has 1 atom stereocenters. The second-order valence-electron chi connectivity index (χ2n) is 6.44. The highest BCUT2D eigenvalue weighted by Gasteiger charge is 2.34. The number of amides is 2. The molecule has 27 heavy (non-hydrogen) atoms. The summed E-state index contributed by atoms with van der Waals surface area (Å²) in [6.07, 6.45) is 3.60. The lowest BCUT2D eigenvalue weighted by molar-refractivity contribution is -0.135. The molecule has 1 aromatic heterocycles. The molecule has 0 bridgehead atoms. The molecule has 0 spiro atoms. The lowest BCUT2D eigenvalue weighted by atomic mass is 10.1. The minimum absolute atomic E-state index is 0. The summed E-state index contributed by atoms with van der Waals surface area (Å²) < 4.78 is 7.37. The third-order valence-corrected chi connectivity index (χ3v) is 4.82. The Balaban J connectivity index is 0.00000210. The van der Waals surface area contributed by atoms with Crippen LogP contribution in [0.1, 0.15) is 11.9 Å². The predicted octanol–water partition coefficient (Wildman–Crippen LogP) is 0.740. The van der Waals surface area contributed by atoms with Gasteiger partial charge in [0, 0.05) is 39.1 Å². The van der Waals surface area contributed by atoms with Crippen molar-refractivity contribution in [3.8, 4) is 5.75 Å². The Bertz CT molecular complexity index is 840. The molecule has 144 valence electrons. The van der Waals surface area contributed by atoms with Gasteiger partial charge in [-0.05, 0) is 12.1 Å². The van der Waals surface area contributed by atoms with E-state index in [0.29, 0.717) is 24.5 Å². The summed E-state index contributed by atoms with van der Waals surface area (Å²) in [6, 6.07) is 7.14. The van der Waals surface area contributed by atoms with Gasteiger partial charge in [0.2, 0.25) is 5.91 Å². The van der Waals surface area contributed by atoms with E-state index in [1.165, 1.54) is 4.90 Å². The van der Waals surface area contributed by atoms with Crippen molar-refractivity contribution >= 4 is 29.9 Å². The predicted molar refractivity (Wildman–Crippen MR) is 102 cm³/mol. The number of para-hydroxylation sites is 2. The van der Waals surface area contributed by atoms with E-state index in [0.717, 1.165) is 12.4 Å². The number of imidazole rings is 1. The molecule has 1 fully saturated rings. The SMILES string of the molecule is Cl.Cn1ccnc1C1CNCCN1C(=O)CN1C(=O)COc2ccccc21. The largest absolute Gasteiger partial charge is 0.482 e. The fraction of sp³-hybridized carbons (Fsp3) is 0.389. The number of benzene rings is 1. The van der Waals surface area contributed by atoms with Crippen LogP contribution in [0.25, 0.3) is 0 Å². The zero-order valence-electron chi connectivity index (χ0n) is 15.0. The molecular formula is C18H22ClN5O3. The van der Waals surface area contributed by atoms with E-state index in [-0.39, 0.29) is 43.4 Å². The van der Waals surface area contributed by atoms with E-state index in [2.05, 4.69) is 10.3 Å². The highest BCUT2D eigenvalue weighted by molar-refractivity contribution is 6.02. The van der Waals surface area contributed by atoms with Crippen molar-refractivity contribution in [2.24, 2.45) is 7.05 Å². The number of nitrogens with one attached hydrogen (secondary N) is 1. The highest BCUT2D eigenvalue weighted by atomic mass is 35.5. The third kappa shape index (κ3) is 3.63. The molecule has 1 saturated heterocycles. The number of aryl methyl sites for hydroxylation is 1. The molecule has 9 heteroatoms. The van der Waals surface area contributed by atoms with Gasteiger partial charge in [0.25, 0.3) is 5.91 Å². The van der Waals surface area contributed by atoms with Gasteiger partial charge in [0.05, 0.1) is 5.69 Å². The maximum absolute atomic E-state index is 13.1. The molecule has 1 N–H and O–H groups in total. The second kappa shape index (κ2) is 7.98. The molecule has 1 unspecified atom stereocenters. The molecule has 4 rings (SSSR count). The summed E-state index contributed by atoms with van der Waals surface area (Å²) in [5.41, 5.74) is 0.640. The van der Waals surface area contributed by atoms with E-state index >= 15 is 0 Å². The summed E-state index contributed by atoms with van der Waals surface area (Å²) in [7, 11) is 1.92. The van der Waals surface area contributed by atoms with E-state index in [1.807, 2.05) is 34.8 Å². The number of fused-ring (bicyclic) bond motifs is 1. The molecule has 1 aromatic carbocycles. The van der Waals surface area contributed by atoms with Gasteiger partial charge in [-0.1, -0.05) is 12.1 Å². The smallest absolute Gasteiger partial charge is 0.265 e. The number of aromatic nitrogens is 2. The standard InChI is InChI=1S/C18H21N5O3.ClH/c1-21-8-7-20-18(21)14-10-19-6-9-22(14)16(24)11-23-13-4-2-3-5-15(13)26-12-17(23)25;/h2-5,7-8,14,19H,6,9-12H2,1H3;1H. The van der Waals surface area contributed by atoms with Crippen LogP contribution in [0.4, 0.5) is 5.69 Å². The zero-order valence-corrected chi connectivity index (χ0v) is 15.8. The van der Waals surface area contributed by atoms with Gasteiger partial charge in [0.15, 0.2) is 6.61 Å². The topological polar surface area (TPSA) is 79.7 Å². The number of halogens is 1. The van der Waals surface area contributed by atoms with Crippen molar-refractivity contribution in [2.45, 2.75) is 6.04 Å². The molecule has 2 aliphatic rings. The van der Waals surface area contributed by atoms with Gasteiger partial charge in [-0.25, -0.2) is 4.98 Å². The Kier molecular flexibility index (Phi) is 5.67. The average Bonchev–Trinajstić information content (AvgIpc) is 3.10. The first-order valence-electron chi connectivity index (χ1n) is 8.65. The van der Waals surface area contributed by atoms with Crippen LogP contribution in [0.15, 0.2) is 36.7 Å². The van der Waals surface area contributed by atoms with E-state index < -0.39 is 0 Å². The van der Waals surface area contributed by atoms with Gasteiger partial charge in [-0.2, -0.15) is 0 Å². The van der Waals surface area contributed by atoms with Gasteiger partial charge >= 0.3 is 0 Å². The first kappa shape index (κ1) is 19.2. The van der Waals surface area contributed by atoms with Crippen molar-refractivity contribution in [3.63, 3.8) is 0 Å². The van der Waals surface area contributed by atoms with E-state index in [9.17, 15) is 9.59 Å². The molecule has 2 amide bonds. The molecule has 0 saturated carbocycles. The molecule has 0 radical (unpaired) electrons. The number of hydrogen-bond donors (Lipinski definition) is 1. The van der Waals surface area contributed by atoms with Crippen LogP contribution >= 0.6 is 12.4 Å². The summed E-state index contributed by atoms with van der Waals surface area (Å²) in [5.74, 6) is 1.16. The average molecular weight is 392 g/mol. The molecule has 2 aromatic rings. The number of anilines is 1. The summed E-state index contributed by atoms with van der Waals surface area (Å²) in [6.45, 7) is 1.90. The molecule has 0 aliphatic carbocycles. The first-order valence-corrected chi connectivity index (χ1v) is 8.65. The third-order valence-electron chi connectivity index (χ3n) is 4.82. The number of hydrogen-bond acceptors (Lipinski definition) is 5. The minimum atomic E-state index is -0.208. The highest BCUT2D eigenvalue weighted by Crippen LogP contribution is 2.31. The fourth-order valence-electron chi connectivity index (χ4n) is 3.49. The minimum Gasteiger partial charge on any atom is -0.482 e. The number of piperazine rings is 1. The van der Waals surface area contributed by atoms with Crippen LogP contribution in [-0.4, -0.2) is 59.1 Å². The Morgan fingerprint density at radius 1 is 1.37 bits per heavy atom. The van der Waals surface area contributed by atoms with Crippen LogP contribution in [0, 0.1) is 0 Å². The Labute approximate surface area is 163 Å². The van der Waals surface area contributed by atoms with E-state index in [4.69, 9.17) is 4.74 Å². The first-order chi connectivity index (χ1) is 12.6. The molecule has 8 nitrogen and oxygen atoms in total. The van der Waals surface area contributed by atoms with Crippen LogP contribution < -0.4 is 15.0 Å². The van der Waals surface area contributed by atoms with Gasteiger partial charge in [-0.15, -0.1) is 12.4 Å². The number of carbonyl (C=O) groups is 2. The number of nitrogens with zero attached hydrogens (tertiary/aromatic N) is 4. The Hall–Kier alpha value is -2.58. The Morgan fingerprint density at radius 2 is 2.19 bits per heavy atom. The number of carbonyl (C=O) groups excluding carboxylic acids is 2.